The lowest BCUT2D eigenvalue weighted by atomic mass is 10.0. The van der Waals surface area contributed by atoms with Crippen LogP contribution in [0.4, 0.5) is 21.9 Å². The van der Waals surface area contributed by atoms with Gasteiger partial charge in [0.05, 0.1) is 33.6 Å². The number of halogens is 2. The predicted molar refractivity (Wildman–Crippen MR) is 126 cm³/mol. The number of hydrogen-bond acceptors (Lipinski definition) is 6. The lowest BCUT2D eigenvalue weighted by molar-refractivity contribution is -0.120. The zero-order valence-corrected chi connectivity index (χ0v) is 19.4. The van der Waals surface area contributed by atoms with E-state index in [2.05, 4.69) is 5.32 Å². The third-order valence-corrected chi connectivity index (χ3v) is 5.78. The number of aliphatic hydroxyl groups excluding tert-OH is 1. The van der Waals surface area contributed by atoms with Crippen molar-refractivity contribution in [3.63, 3.8) is 0 Å². The van der Waals surface area contributed by atoms with E-state index in [1.165, 1.54) is 17.0 Å². The zero-order chi connectivity index (χ0) is 23.6. The second kappa shape index (κ2) is 9.30. The third kappa shape index (κ3) is 4.36. The molecule has 8 nitrogen and oxygen atoms in total. The van der Waals surface area contributed by atoms with Crippen LogP contribution >= 0.6 is 35.4 Å². The smallest absolute Gasteiger partial charge is 0.411 e. The van der Waals surface area contributed by atoms with Crippen molar-refractivity contribution in [2.24, 2.45) is 0 Å². The molecule has 166 valence electrons. The van der Waals surface area contributed by atoms with Gasteiger partial charge in [-0.25, -0.2) is 4.79 Å². The van der Waals surface area contributed by atoms with Crippen molar-refractivity contribution in [3.05, 3.63) is 52.0 Å². The molecular formula is C21H18Cl2N4O4S. The van der Waals surface area contributed by atoms with E-state index in [9.17, 15) is 9.59 Å². The van der Waals surface area contributed by atoms with Gasteiger partial charge in [-0.15, -0.1) is 0 Å². The minimum atomic E-state index is -1.07. The summed E-state index contributed by atoms with van der Waals surface area (Å²) < 4.78 is 4.80. The first-order chi connectivity index (χ1) is 15.1. The number of nitriles is 1. The van der Waals surface area contributed by atoms with Crippen molar-refractivity contribution >= 4 is 69.6 Å². The summed E-state index contributed by atoms with van der Waals surface area (Å²) in [5, 5.41) is 21.0. The number of rotatable bonds is 5. The van der Waals surface area contributed by atoms with E-state index in [1.54, 1.807) is 43.0 Å². The topological polar surface area (TPSA) is 106 Å². The van der Waals surface area contributed by atoms with Crippen LogP contribution in [-0.2, 0) is 9.53 Å². The van der Waals surface area contributed by atoms with E-state index in [0.29, 0.717) is 11.4 Å². The van der Waals surface area contributed by atoms with Crippen molar-refractivity contribution < 1.29 is 19.4 Å². The lowest BCUT2D eigenvalue weighted by Crippen LogP contribution is -2.44. The van der Waals surface area contributed by atoms with Gasteiger partial charge in [-0.2, -0.15) is 5.26 Å². The molecule has 32 heavy (non-hydrogen) atoms. The Labute approximate surface area is 199 Å². The number of nitrogens with zero attached hydrogens (tertiary/aromatic N) is 3. The quantitative estimate of drug-likeness (QED) is 0.598. The van der Waals surface area contributed by atoms with Gasteiger partial charge in [-0.3, -0.25) is 15.0 Å². The van der Waals surface area contributed by atoms with Crippen LogP contribution in [0.25, 0.3) is 0 Å². The Morgan fingerprint density at radius 2 is 1.91 bits per heavy atom. The van der Waals surface area contributed by atoms with Crippen molar-refractivity contribution in [2.45, 2.75) is 19.4 Å². The molecule has 0 atom stereocenters. The molecule has 0 aromatic heterocycles. The number of carbonyl (C=O) groups is 2. The molecule has 2 aromatic rings. The number of nitrogens with one attached hydrogen (secondary N) is 1. The fourth-order valence-electron chi connectivity index (χ4n) is 3.22. The molecule has 0 aliphatic carbocycles. The van der Waals surface area contributed by atoms with Crippen LogP contribution in [0.15, 0.2) is 36.4 Å². The molecule has 3 rings (SSSR count). The molecule has 1 saturated heterocycles. The number of anilines is 3. The molecule has 2 N–H and O–H groups in total. The number of carbonyl (C=O) groups excluding carboxylic acids is 2. The average molecular weight is 493 g/mol. The minimum absolute atomic E-state index is 0.164. The van der Waals surface area contributed by atoms with Crippen LogP contribution in [0.2, 0.25) is 10.0 Å². The van der Waals surface area contributed by atoms with Crippen LogP contribution in [0, 0.1) is 11.3 Å². The normalized spacial score (nSPS) is 15.0. The summed E-state index contributed by atoms with van der Waals surface area (Å²) in [5.41, 5.74) is 0.403. The summed E-state index contributed by atoms with van der Waals surface area (Å²) >= 11 is 18.0. The molecule has 0 unspecified atom stereocenters. The van der Waals surface area contributed by atoms with Crippen molar-refractivity contribution in [1.82, 2.24) is 0 Å². The van der Waals surface area contributed by atoms with Gasteiger partial charge < -0.3 is 14.7 Å². The number of ether oxygens (including phenoxy) is 1. The van der Waals surface area contributed by atoms with Gasteiger partial charge in [0, 0.05) is 5.69 Å². The van der Waals surface area contributed by atoms with Crippen LogP contribution in [0.1, 0.15) is 19.4 Å². The first-order valence-electron chi connectivity index (χ1n) is 9.34. The molecule has 2 aromatic carbocycles. The number of aliphatic hydroxyl groups is 1. The standard InChI is InChI=1S/C21H18Cl2N4O4S/c1-21(2)18(29)26(13-4-3-12(11-24)16(23)9-13)20(32)27(21)14-5-6-15(22)17(10-14)25-19(30)31-8-7-28/h3-6,9-10,28H,7-8H2,1-2H3,(H,25,30). The number of thiocarbonyl (C=S) groups is 1. The molecule has 0 saturated carbocycles. The summed E-state index contributed by atoms with van der Waals surface area (Å²) in [4.78, 5) is 28.1. The number of hydrogen-bond donors (Lipinski definition) is 2. The molecular weight excluding hydrogens is 475 g/mol. The molecule has 11 heteroatoms. The summed E-state index contributed by atoms with van der Waals surface area (Å²) in [6.07, 6.45) is -0.786. The maximum Gasteiger partial charge on any atom is 0.411 e. The minimum Gasteiger partial charge on any atom is -0.447 e. The Balaban J connectivity index is 1.98. The second-order valence-electron chi connectivity index (χ2n) is 7.24. The van der Waals surface area contributed by atoms with Crippen LogP contribution < -0.4 is 15.1 Å². The second-order valence-corrected chi connectivity index (χ2v) is 8.42. The van der Waals surface area contributed by atoms with Gasteiger partial charge in [0.2, 0.25) is 0 Å². The van der Waals surface area contributed by atoms with Gasteiger partial charge in [-0.05, 0) is 62.5 Å². The first-order valence-corrected chi connectivity index (χ1v) is 10.5. The Morgan fingerprint density at radius 1 is 1.22 bits per heavy atom. The summed E-state index contributed by atoms with van der Waals surface area (Å²) in [7, 11) is 0. The maximum absolute atomic E-state index is 13.3. The predicted octanol–water partition coefficient (Wildman–Crippen LogP) is 4.32. The van der Waals surface area contributed by atoms with Crippen LogP contribution in [0.3, 0.4) is 0 Å². The highest BCUT2D eigenvalue weighted by Gasteiger charge is 2.50. The SMILES string of the molecule is CC1(C)C(=O)N(c2ccc(C#N)c(Cl)c2)C(=S)N1c1ccc(Cl)c(NC(=O)OCCO)c1. The fourth-order valence-corrected chi connectivity index (χ4v) is 4.13. The maximum atomic E-state index is 13.3. The fraction of sp³-hybridized carbons (Fsp3) is 0.238. The van der Waals surface area contributed by atoms with Crippen LogP contribution in [-0.4, -0.2) is 41.0 Å². The molecule has 0 radical (unpaired) electrons. The Kier molecular flexibility index (Phi) is 6.91. The van der Waals surface area contributed by atoms with Gasteiger partial charge in [0.1, 0.15) is 18.2 Å². The van der Waals surface area contributed by atoms with Gasteiger partial charge in [0.15, 0.2) is 5.11 Å². The van der Waals surface area contributed by atoms with Gasteiger partial charge >= 0.3 is 6.09 Å². The molecule has 1 heterocycles. The Morgan fingerprint density at radius 3 is 2.53 bits per heavy atom. The highest BCUT2D eigenvalue weighted by atomic mass is 35.5. The summed E-state index contributed by atoms with van der Waals surface area (Å²) in [5.74, 6) is -0.296. The highest BCUT2D eigenvalue weighted by molar-refractivity contribution is 7.81. The van der Waals surface area contributed by atoms with Crippen molar-refractivity contribution in [2.75, 3.05) is 28.3 Å². The Bertz CT molecular complexity index is 1150. The largest absolute Gasteiger partial charge is 0.447 e. The molecule has 0 spiro atoms. The Hall–Kier alpha value is -2.90. The van der Waals surface area contributed by atoms with E-state index < -0.39 is 11.6 Å². The summed E-state index contributed by atoms with van der Waals surface area (Å²) in [6.45, 7) is 2.95. The summed E-state index contributed by atoms with van der Waals surface area (Å²) in [6, 6.07) is 11.4. The molecule has 1 fully saturated rings. The zero-order valence-electron chi connectivity index (χ0n) is 17.1. The molecule has 1 aliphatic rings. The van der Waals surface area contributed by atoms with E-state index in [4.69, 9.17) is 50.5 Å². The van der Waals surface area contributed by atoms with Crippen LogP contribution in [0.5, 0.6) is 0 Å². The van der Waals surface area contributed by atoms with Gasteiger partial charge in [0.25, 0.3) is 5.91 Å². The average Bonchev–Trinajstić information content (AvgIpc) is 2.92. The lowest BCUT2D eigenvalue weighted by Gasteiger charge is -2.30. The molecule has 0 bridgehead atoms. The van der Waals surface area contributed by atoms with E-state index in [0.717, 1.165) is 0 Å². The van der Waals surface area contributed by atoms with Gasteiger partial charge in [-0.1, -0.05) is 23.2 Å². The van der Waals surface area contributed by atoms with E-state index in [-0.39, 0.29) is 45.5 Å². The van der Waals surface area contributed by atoms with E-state index >= 15 is 0 Å². The number of benzene rings is 2. The number of amides is 2. The molecule has 2 amide bonds. The van der Waals surface area contributed by atoms with E-state index in [1.807, 2.05) is 6.07 Å². The highest BCUT2D eigenvalue weighted by Crippen LogP contribution is 2.39. The first kappa shape index (κ1) is 23.8. The molecule has 1 aliphatic heterocycles. The third-order valence-electron chi connectivity index (χ3n) is 4.77. The van der Waals surface area contributed by atoms with Crippen molar-refractivity contribution in [1.29, 1.82) is 5.26 Å². The monoisotopic (exact) mass is 492 g/mol. The van der Waals surface area contributed by atoms with Crippen molar-refractivity contribution in [3.8, 4) is 6.07 Å².